The summed E-state index contributed by atoms with van der Waals surface area (Å²) in [5, 5.41) is 12.1. The SMILES string of the molecule is CCCC1(C(=O)N(CC)CC(=O)O)CCCNC1. The molecule has 104 valence electrons. The van der Waals surface area contributed by atoms with Crippen molar-refractivity contribution in [1.82, 2.24) is 10.2 Å². The van der Waals surface area contributed by atoms with Crippen LogP contribution in [0.15, 0.2) is 0 Å². The highest BCUT2D eigenvalue weighted by molar-refractivity contribution is 5.86. The number of rotatable bonds is 6. The van der Waals surface area contributed by atoms with Gasteiger partial charge in [0.2, 0.25) is 5.91 Å². The van der Waals surface area contributed by atoms with Crippen molar-refractivity contribution in [2.45, 2.75) is 39.5 Å². The van der Waals surface area contributed by atoms with E-state index in [-0.39, 0.29) is 12.5 Å². The Labute approximate surface area is 109 Å². The zero-order valence-electron chi connectivity index (χ0n) is 11.4. The van der Waals surface area contributed by atoms with E-state index in [0.717, 1.165) is 32.2 Å². The normalized spacial score (nSPS) is 23.7. The summed E-state index contributed by atoms with van der Waals surface area (Å²) in [6.45, 7) is 5.78. The van der Waals surface area contributed by atoms with Gasteiger partial charge in [0.05, 0.1) is 5.41 Å². The van der Waals surface area contributed by atoms with Crippen molar-refractivity contribution in [1.29, 1.82) is 0 Å². The Bertz CT molecular complexity index is 293. The van der Waals surface area contributed by atoms with Gasteiger partial charge in [-0.25, -0.2) is 0 Å². The first-order chi connectivity index (χ1) is 8.55. The zero-order valence-corrected chi connectivity index (χ0v) is 11.4. The number of carbonyl (C=O) groups excluding carboxylic acids is 1. The summed E-state index contributed by atoms with van der Waals surface area (Å²) >= 11 is 0. The maximum Gasteiger partial charge on any atom is 0.323 e. The second kappa shape index (κ2) is 6.73. The molecule has 18 heavy (non-hydrogen) atoms. The number of hydrogen-bond donors (Lipinski definition) is 2. The van der Waals surface area contributed by atoms with Crippen molar-refractivity contribution in [3.8, 4) is 0 Å². The Morgan fingerprint density at radius 1 is 1.39 bits per heavy atom. The van der Waals surface area contributed by atoms with Gasteiger partial charge in [0.25, 0.3) is 0 Å². The van der Waals surface area contributed by atoms with Crippen LogP contribution in [-0.4, -0.2) is 48.1 Å². The second-order valence-corrected chi connectivity index (χ2v) is 5.02. The number of nitrogens with one attached hydrogen (secondary N) is 1. The lowest BCUT2D eigenvalue weighted by molar-refractivity contribution is -0.150. The van der Waals surface area contributed by atoms with Crippen LogP contribution in [0.2, 0.25) is 0 Å². The lowest BCUT2D eigenvalue weighted by Gasteiger charge is -2.39. The van der Waals surface area contributed by atoms with E-state index in [1.807, 2.05) is 6.92 Å². The van der Waals surface area contributed by atoms with E-state index in [1.54, 1.807) is 0 Å². The van der Waals surface area contributed by atoms with Gasteiger partial charge in [0.15, 0.2) is 0 Å². The Hall–Kier alpha value is -1.10. The fourth-order valence-electron chi connectivity index (χ4n) is 2.78. The van der Waals surface area contributed by atoms with E-state index in [4.69, 9.17) is 5.11 Å². The minimum Gasteiger partial charge on any atom is -0.480 e. The molecule has 5 heteroatoms. The minimum atomic E-state index is -0.944. The molecule has 2 N–H and O–H groups in total. The Morgan fingerprint density at radius 3 is 2.56 bits per heavy atom. The van der Waals surface area contributed by atoms with Gasteiger partial charge >= 0.3 is 5.97 Å². The average Bonchev–Trinajstić information content (AvgIpc) is 2.36. The monoisotopic (exact) mass is 256 g/mol. The average molecular weight is 256 g/mol. The van der Waals surface area contributed by atoms with Crippen molar-refractivity contribution in [2.24, 2.45) is 5.41 Å². The number of carbonyl (C=O) groups is 2. The molecule has 5 nitrogen and oxygen atoms in total. The number of carboxylic acid groups (broad SMARTS) is 1. The molecule has 1 amide bonds. The molecule has 1 rings (SSSR count). The van der Waals surface area contributed by atoms with Gasteiger partial charge in [0, 0.05) is 13.1 Å². The molecule has 1 atom stereocenters. The van der Waals surface area contributed by atoms with Crippen LogP contribution in [0.1, 0.15) is 39.5 Å². The number of carboxylic acids is 1. The number of nitrogens with zero attached hydrogens (tertiary/aromatic N) is 1. The van der Waals surface area contributed by atoms with Crippen molar-refractivity contribution >= 4 is 11.9 Å². The molecule has 1 fully saturated rings. The standard InChI is InChI=1S/C13H24N2O3/c1-3-6-13(7-5-8-14-10-13)12(18)15(4-2)9-11(16)17/h14H,3-10H2,1-2H3,(H,16,17). The molecule has 1 heterocycles. The van der Waals surface area contributed by atoms with Crippen molar-refractivity contribution < 1.29 is 14.7 Å². The molecule has 1 unspecified atom stereocenters. The summed E-state index contributed by atoms with van der Waals surface area (Å²) in [5.74, 6) is -0.943. The topological polar surface area (TPSA) is 69.6 Å². The first kappa shape index (κ1) is 15.0. The third-order valence-corrected chi connectivity index (χ3v) is 3.65. The quantitative estimate of drug-likeness (QED) is 0.746. The lowest BCUT2D eigenvalue weighted by atomic mass is 9.75. The molecular formula is C13H24N2O3. The van der Waals surface area contributed by atoms with Gasteiger partial charge in [-0.3, -0.25) is 9.59 Å². The van der Waals surface area contributed by atoms with Crippen LogP contribution in [0.5, 0.6) is 0 Å². The summed E-state index contributed by atoms with van der Waals surface area (Å²) in [7, 11) is 0. The Balaban J connectivity index is 2.82. The predicted molar refractivity (Wildman–Crippen MR) is 69.3 cm³/mol. The van der Waals surface area contributed by atoms with Crippen LogP contribution in [0, 0.1) is 5.41 Å². The van der Waals surface area contributed by atoms with Crippen LogP contribution < -0.4 is 5.32 Å². The van der Waals surface area contributed by atoms with Crippen LogP contribution in [-0.2, 0) is 9.59 Å². The van der Waals surface area contributed by atoms with E-state index < -0.39 is 11.4 Å². The van der Waals surface area contributed by atoms with E-state index in [0.29, 0.717) is 13.1 Å². The van der Waals surface area contributed by atoms with E-state index in [1.165, 1.54) is 4.90 Å². The minimum absolute atomic E-state index is 0.00134. The molecule has 0 radical (unpaired) electrons. The maximum absolute atomic E-state index is 12.6. The van der Waals surface area contributed by atoms with E-state index in [2.05, 4.69) is 12.2 Å². The largest absolute Gasteiger partial charge is 0.480 e. The van der Waals surface area contributed by atoms with Crippen LogP contribution in [0.4, 0.5) is 0 Å². The predicted octanol–water partition coefficient (Wildman–Crippen LogP) is 1.09. The van der Waals surface area contributed by atoms with Gasteiger partial charge in [-0.05, 0) is 32.7 Å². The molecule has 0 bridgehead atoms. The fraction of sp³-hybridized carbons (Fsp3) is 0.846. The number of aliphatic carboxylic acids is 1. The van der Waals surface area contributed by atoms with Gasteiger partial charge in [-0.15, -0.1) is 0 Å². The highest BCUT2D eigenvalue weighted by atomic mass is 16.4. The molecule has 1 aliphatic heterocycles. The van der Waals surface area contributed by atoms with Gasteiger partial charge in [-0.2, -0.15) is 0 Å². The maximum atomic E-state index is 12.6. The third kappa shape index (κ3) is 3.45. The summed E-state index contributed by atoms with van der Waals surface area (Å²) in [6.07, 6.45) is 3.62. The van der Waals surface area contributed by atoms with Crippen molar-refractivity contribution in [2.75, 3.05) is 26.2 Å². The van der Waals surface area contributed by atoms with E-state index in [9.17, 15) is 9.59 Å². The lowest BCUT2D eigenvalue weighted by Crippen LogP contribution is -2.52. The molecule has 0 aliphatic carbocycles. The number of amides is 1. The molecule has 0 aromatic heterocycles. The van der Waals surface area contributed by atoms with Gasteiger partial charge in [0.1, 0.15) is 6.54 Å². The van der Waals surface area contributed by atoms with Crippen LogP contribution >= 0.6 is 0 Å². The van der Waals surface area contributed by atoms with Crippen molar-refractivity contribution in [3.63, 3.8) is 0 Å². The number of likely N-dealkylation sites (N-methyl/N-ethyl adjacent to an activating group) is 1. The number of piperidine rings is 1. The molecule has 1 aliphatic rings. The molecule has 0 aromatic rings. The van der Waals surface area contributed by atoms with Crippen molar-refractivity contribution in [3.05, 3.63) is 0 Å². The molecule has 0 aromatic carbocycles. The summed E-state index contributed by atoms with van der Waals surface area (Å²) in [5.41, 5.74) is -0.390. The first-order valence-corrected chi connectivity index (χ1v) is 6.77. The molecular weight excluding hydrogens is 232 g/mol. The summed E-state index contributed by atoms with van der Waals surface area (Å²) in [6, 6.07) is 0. The molecule has 0 spiro atoms. The highest BCUT2D eigenvalue weighted by Crippen LogP contribution is 2.33. The smallest absolute Gasteiger partial charge is 0.323 e. The first-order valence-electron chi connectivity index (χ1n) is 6.77. The summed E-state index contributed by atoms with van der Waals surface area (Å²) in [4.78, 5) is 24.9. The highest BCUT2D eigenvalue weighted by Gasteiger charge is 2.41. The van der Waals surface area contributed by atoms with E-state index >= 15 is 0 Å². The fourth-order valence-corrected chi connectivity index (χ4v) is 2.78. The van der Waals surface area contributed by atoms with Crippen LogP contribution in [0.3, 0.4) is 0 Å². The van der Waals surface area contributed by atoms with Gasteiger partial charge in [-0.1, -0.05) is 13.3 Å². The molecule has 0 saturated carbocycles. The Morgan fingerprint density at radius 2 is 2.11 bits per heavy atom. The number of hydrogen-bond acceptors (Lipinski definition) is 3. The van der Waals surface area contributed by atoms with Crippen LogP contribution in [0.25, 0.3) is 0 Å². The van der Waals surface area contributed by atoms with Gasteiger partial charge < -0.3 is 15.3 Å². The summed E-state index contributed by atoms with van der Waals surface area (Å²) < 4.78 is 0. The second-order valence-electron chi connectivity index (χ2n) is 5.02. The molecule has 1 saturated heterocycles. The zero-order chi connectivity index (χ0) is 13.6. The third-order valence-electron chi connectivity index (χ3n) is 3.65. The Kier molecular flexibility index (Phi) is 5.59.